The number of nitrogens with zero attached hydrogens (tertiary/aromatic N) is 2. The van der Waals surface area contributed by atoms with Gasteiger partial charge in [0, 0.05) is 19.1 Å². The lowest BCUT2D eigenvalue weighted by Gasteiger charge is -2.28. The number of aromatic nitrogens is 1. The van der Waals surface area contributed by atoms with Crippen molar-refractivity contribution in [2.24, 2.45) is 0 Å². The maximum Gasteiger partial charge on any atom is 0.168 e. The van der Waals surface area contributed by atoms with Crippen LogP contribution in [-0.4, -0.2) is 49.0 Å². The van der Waals surface area contributed by atoms with Crippen LogP contribution >= 0.6 is 0 Å². The molecule has 2 N–H and O–H groups in total. The Hall–Kier alpha value is -1.40. The standard InChI is InChI=1S/C13H20FN3O2/c1-9-7-11(17-3-5-19-6-4-17)16-13(12(9)14)15-10(2)8-18/h7,10,18H,3-6,8H2,1-2H3,(H,15,16)/t10-/m1/s1. The molecule has 0 unspecified atom stereocenters. The van der Waals surface area contributed by atoms with E-state index in [1.807, 2.05) is 0 Å². The van der Waals surface area contributed by atoms with Crippen LogP contribution < -0.4 is 10.2 Å². The number of aliphatic hydroxyl groups is 1. The molecule has 1 aliphatic heterocycles. The molecule has 1 saturated heterocycles. The van der Waals surface area contributed by atoms with Crippen LogP contribution in [0.25, 0.3) is 0 Å². The summed E-state index contributed by atoms with van der Waals surface area (Å²) in [5.41, 5.74) is 0.545. The summed E-state index contributed by atoms with van der Waals surface area (Å²) in [5, 5.41) is 11.9. The van der Waals surface area contributed by atoms with Crippen LogP contribution in [0.2, 0.25) is 0 Å². The van der Waals surface area contributed by atoms with Crippen LogP contribution in [0, 0.1) is 12.7 Å². The molecule has 0 bridgehead atoms. The third kappa shape index (κ3) is 3.33. The highest BCUT2D eigenvalue weighted by Gasteiger charge is 2.17. The van der Waals surface area contributed by atoms with Gasteiger partial charge >= 0.3 is 0 Å². The van der Waals surface area contributed by atoms with Crippen LogP contribution in [0.1, 0.15) is 12.5 Å². The van der Waals surface area contributed by atoms with E-state index in [9.17, 15) is 4.39 Å². The summed E-state index contributed by atoms with van der Waals surface area (Å²) in [7, 11) is 0. The van der Waals surface area contributed by atoms with E-state index in [-0.39, 0.29) is 24.3 Å². The first-order valence-electron chi connectivity index (χ1n) is 6.49. The van der Waals surface area contributed by atoms with E-state index in [4.69, 9.17) is 9.84 Å². The summed E-state index contributed by atoms with van der Waals surface area (Å²) in [6, 6.07) is 1.51. The maximum atomic E-state index is 14.0. The van der Waals surface area contributed by atoms with Crippen molar-refractivity contribution in [2.45, 2.75) is 19.9 Å². The Kier molecular flexibility index (Phi) is 4.55. The van der Waals surface area contributed by atoms with Crippen molar-refractivity contribution in [1.82, 2.24) is 4.98 Å². The van der Waals surface area contributed by atoms with E-state index in [1.54, 1.807) is 19.9 Å². The lowest BCUT2D eigenvalue weighted by atomic mass is 10.2. The minimum Gasteiger partial charge on any atom is -0.394 e. The van der Waals surface area contributed by atoms with E-state index in [0.717, 1.165) is 18.9 Å². The Labute approximate surface area is 112 Å². The lowest BCUT2D eigenvalue weighted by molar-refractivity contribution is 0.122. The number of aliphatic hydroxyl groups excluding tert-OH is 1. The molecule has 6 heteroatoms. The second kappa shape index (κ2) is 6.16. The molecule has 0 radical (unpaired) electrons. The fourth-order valence-corrected chi connectivity index (χ4v) is 1.97. The number of nitrogens with one attached hydrogen (secondary N) is 1. The highest BCUT2D eigenvalue weighted by Crippen LogP contribution is 2.23. The predicted octanol–water partition coefficient (Wildman–Crippen LogP) is 1.16. The van der Waals surface area contributed by atoms with Crippen molar-refractivity contribution in [3.05, 3.63) is 17.4 Å². The zero-order valence-corrected chi connectivity index (χ0v) is 11.3. The zero-order valence-electron chi connectivity index (χ0n) is 11.3. The van der Waals surface area contributed by atoms with Crippen molar-refractivity contribution >= 4 is 11.6 Å². The van der Waals surface area contributed by atoms with Gasteiger partial charge in [0.15, 0.2) is 11.6 Å². The first-order valence-corrected chi connectivity index (χ1v) is 6.49. The molecule has 0 amide bonds. The molecule has 0 aromatic carbocycles. The molecule has 1 aromatic heterocycles. The normalized spacial score (nSPS) is 17.4. The molecule has 0 saturated carbocycles. The van der Waals surface area contributed by atoms with Crippen molar-refractivity contribution in [3.8, 4) is 0 Å². The minimum atomic E-state index is -0.364. The number of anilines is 2. The van der Waals surface area contributed by atoms with Gasteiger partial charge in [0.1, 0.15) is 5.82 Å². The molecular weight excluding hydrogens is 249 g/mol. The topological polar surface area (TPSA) is 57.6 Å². The lowest BCUT2D eigenvalue weighted by Crippen LogP contribution is -2.37. The summed E-state index contributed by atoms with van der Waals surface area (Å²) in [4.78, 5) is 6.39. The molecule has 5 nitrogen and oxygen atoms in total. The van der Waals surface area contributed by atoms with Gasteiger partial charge in [-0.05, 0) is 25.5 Å². The fourth-order valence-electron chi connectivity index (χ4n) is 1.97. The molecule has 1 aliphatic rings. The Morgan fingerprint density at radius 3 is 2.84 bits per heavy atom. The number of pyridine rings is 1. The van der Waals surface area contributed by atoms with Crippen LogP contribution in [0.3, 0.4) is 0 Å². The Balaban J connectivity index is 2.24. The second-order valence-electron chi connectivity index (χ2n) is 4.79. The largest absolute Gasteiger partial charge is 0.394 e. The fraction of sp³-hybridized carbons (Fsp3) is 0.615. The summed E-state index contributed by atoms with van der Waals surface area (Å²) in [6.07, 6.45) is 0. The van der Waals surface area contributed by atoms with Crippen molar-refractivity contribution in [1.29, 1.82) is 0 Å². The number of ether oxygens (including phenoxy) is 1. The van der Waals surface area contributed by atoms with Crippen LogP contribution in [0.4, 0.5) is 16.0 Å². The Bertz CT molecular complexity index is 436. The number of rotatable bonds is 4. The number of hydrogen-bond acceptors (Lipinski definition) is 5. The monoisotopic (exact) mass is 269 g/mol. The molecule has 0 aliphatic carbocycles. The number of aryl methyl sites for hydroxylation is 1. The summed E-state index contributed by atoms with van der Waals surface area (Å²) < 4.78 is 19.3. The quantitative estimate of drug-likeness (QED) is 0.859. The van der Waals surface area contributed by atoms with E-state index < -0.39 is 0 Å². The first-order chi connectivity index (χ1) is 9.11. The first kappa shape index (κ1) is 14.0. The highest BCUT2D eigenvalue weighted by atomic mass is 19.1. The Morgan fingerprint density at radius 1 is 1.53 bits per heavy atom. The van der Waals surface area contributed by atoms with Crippen molar-refractivity contribution in [3.63, 3.8) is 0 Å². The van der Waals surface area contributed by atoms with E-state index in [2.05, 4.69) is 15.2 Å². The van der Waals surface area contributed by atoms with Gasteiger partial charge in [-0.25, -0.2) is 9.37 Å². The Morgan fingerprint density at radius 2 is 2.21 bits per heavy atom. The van der Waals surface area contributed by atoms with Crippen LogP contribution in [0.15, 0.2) is 6.07 Å². The molecule has 19 heavy (non-hydrogen) atoms. The summed E-state index contributed by atoms with van der Waals surface area (Å²) in [5.74, 6) is 0.579. The van der Waals surface area contributed by atoms with Gasteiger partial charge in [-0.15, -0.1) is 0 Å². The second-order valence-corrected chi connectivity index (χ2v) is 4.79. The summed E-state index contributed by atoms with van der Waals surface area (Å²) in [6.45, 7) is 6.26. The van der Waals surface area contributed by atoms with Gasteiger partial charge in [0.25, 0.3) is 0 Å². The van der Waals surface area contributed by atoms with E-state index >= 15 is 0 Å². The molecule has 1 atom stereocenters. The molecular formula is C13H20FN3O2. The van der Waals surface area contributed by atoms with E-state index in [0.29, 0.717) is 18.8 Å². The predicted molar refractivity (Wildman–Crippen MR) is 72.1 cm³/mol. The SMILES string of the molecule is Cc1cc(N2CCOCC2)nc(N[C@H](C)CO)c1F. The van der Waals surface area contributed by atoms with Crippen molar-refractivity contribution < 1.29 is 14.2 Å². The molecule has 1 aromatic rings. The van der Waals surface area contributed by atoms with Gasteiger partial charge in [-0.2, -0.15) is 0 Å². The smallest absolute Gasteiger partial charge is 0.168 e. The highest BCUT2D eigenvalue weighted by molar-refractivity contribution is 5.52. The third-order valence-corrected chi connectivity index (χ3v) is 3.12. The molecule has 2 heterocycles. The van der Waals surface area contributed by atoms with Gasteiger partial charge in [-0.1, -0.05) is 0 Å². The number of morpholine rings is 1. The number of halogens is 1. The average molecular weight is 269 g/mol. The zero-order chi connectivity index (χ0) is 13.8. The van der Waals surface area contributed by atoms with E-state index in [1.165, 1.54) is 0 Å². The molecule has 0 spiro atoms. The van der Waals surface area contributed by atoms with Gasteiger partial charge in [0.2, 0.25) is 0 Å². The summed E-state index contributed by atoms with van der Waals surface area (Å²) >= 11 is 0. The molecule has 1 fully saturated rings. The van der Waals surface area contributed by atoms with Gasteiger partial charge < -0.3 is 20.1 Å². The van der Waals surface area contributed by atoms with Gasteiger partial charge in [-0.3, -0.25) is 0 Å². The third-order valence-electron chi connectivity index (χ3n) is 3.12. The van der Waals surface area contributed by atoms with Crippen LogP contribution in [-0.2, 0) is 4.74 Å². The number of hydrogen-bond donors (Lipinski definition) is 2. The minimum absolute atomic E-state index is 0.0675. The van der Waals surface area contributed by atoms with Gasteiger partial charge in [0.05, 0.1) is 19.8 Å². The van der Waals surface area contributed by atoms with Crippen molar-refractivity contribution in [2.75, 3.05) is 43.1 Å². The van der Waals surface area contributed by atoms with Crippen LogP contribution in [0.5, 0.6) is 0 Å². The average Bonchev–Trinajstić information content (AvgIpc) is 2.44. The molecule has 106 valence electrons. The molecule has 2 rings (SSSR count). The maximum absolute atomic E-state index is 14.0.